The van der Waals surface area contributed by atoms with E-state index < -0.39 is 15.3 Å². The molecule has 4 rings (SSSR count). The van der Waals surface area contributed by atoms with Crippen LogP contribution in [0.4, 0.5) is 0 Å². The molecule has 6 nitrogen and oxygen atoms in total. The lowest BCUT2D eigenvalue weighted by Gasteiger charge is -2.23. The maximum absolute atomic E-state index is 12.8. The van der Waals surface area contributed by atoms with Crippen LogP contribution >= 0.6 is 0 Å². The number of nitrogens with one attached hydrogen (secondary N) is 1. The Balaban J connectivity index is 1.52. The van der Waals surface area contributed by atoms with Gasteiger partial charge in [0.25, 0.3) is 0 Å². The predicted molar refractivity (Wildman–Crippen MR) is 103 cm³/mol. The third-order valence-corrected chi connectivity index (χ3v) is 6.79. The quantitative estimate of drug-likeness (QED) is 0.790. The third-order valence-electron chi connectivity index (χ3n) is 4.94. The van der Waals surface area contributed by atoms with Crippen molar-refractivity contribution >= 4 is 10.0 Å². The maximum Gasteiger partial charge on any atom is 0.219 e. The molecule has 7 heteroatoms. The first-order valence-electron chi connectivity index (χ1n) is 9.16. The van der Waals surface area contributed by atoms with Gasteiger partial charge in [-0.2, -0.15) is 5.06 Å². The standard InChI is InChI=1S/C20H24N2O4S/c1-22-20(19(14-26-22)27(23,24)21-17-10-11-17)16-8-5-9-18(12-16)25-13-15-6-3-2-4-7-15/h2-9,12,17,19-21H,10-11,13-14H2,1H3. The molecule has 1 saturated carbocycles. The van der Waals surface area contributed by atoms with Crippen molar-refractivity contribution in [3.05, 3.63) is 65.7 Å². The van der Waals surface area contributed by atoms with E-state index in [2.05, 4.69) is 4.72 Å². The molecule has 0 bridgehead atoms. The summed E-state index contributed by atoms with van der Waals surface area (Å²) in [6.45, 7) is 0.616. The van der Waals surface area contributed by atoms with Crippen LogP contribution in [0.25, 0.3) is 0 Å². The second-order valence-electron chi connectivity index (χ2n) is 7.11. The average Bonchev–Trinajstić information content (AvgIpc) is 3.38. The Labute approximate surface area is 160 Å². The first-order valence-corrected chi connectivity index (χ1v) is 10.7. The van der Waals surface area contributed by atoms with Crippen molar-refractivity contribution < 1.29 is 18.0 Å². The summed E-state index contributed by atoms with van der Waals surface area (Å²) in [5.74, 6) is 0.711. The van der Waals surface area contributed by atoms with Crippen LogP contribution in [-0.4, -0.2) is 38.4 Å². The van der Waals surface area contributed by atoms with Gasteiger partial charge in [-0.15, -0.1) is 0 Å². The molecule has 0 aromatic heterocycles. The van der Waals surface area contributed by atoms with E-state index in [0.717, 1.165) is 24.0 Å². The van der Waals surface area contributed by atoms with Gasteiger partial charge in [-0.3, -0.25) is 4.84 Å². The number of benzene rings is 2. The van der Waals surface area contributed by atoms with Gasteiger partial charge in [0.1, 0.15) is 17.6 Å². The smallest absolute Gasteiger partial charge is 0.219 e. The van der Waals surface area contributed by atoms with E-state index in [0.29, 0.717) is 12.4 Å². The second kappa shape index (κ2) is 7.59. The predicted octanol–water partition coefficient (Wildman–Crippen LogP) is 2.63. The minimum atomic E-state index is -3.45. The zero-order valence-electron chi connectivity index (χ0n) is 15.2. The minimum absolute atomic E-state index is 0.0853. The van der Waals surface area contributed by atoms with Crippen molar-refractivity contribution in [2.45, 2.75) is 36.8 Å². The molecule has 2 aromatic carbocycles. The zero-order valence-corrected chi connectivity index (χ0v) is 16.1. The first kappa shape index (κ1) is 18.4. The molecule has 1 saturated heterocycles. The molecule has 27 heavy (non-hydrogen) atoms. The van der Waals surface area contributed by atoms with E-state index in [1.165, 1.54) is 0 Å². The highest BCUT2D eigenvalue weighted by Crippen LogP contribution is 2.35. The van der Waals surface area contributed by atoms with E-state index in [1.807, 2.05) is 54.6 Å². The van der Waals surface area contributed by atoms with Gasteiger partial charge in [-0.1, -0.05) is 42.5 Å². The van der Waals surface area contributed by atoms with E-state index >= 15 is 0 Å². The van der Waals surface area contributed by atoms with Gasteiger partial charge in [-0.05, 0) is 36.1 Å². The number of nitrogens with zero attached hydrogens (tertiary/aromatic N) is 1. The number of sulfonamides is 1. The highest BCUT2D eigenvalue weighted by Gasteiger charge is 2.44. The number of hydroxylamine groups is 2. The number of rotatable bonds is 7. The van der Waals surface area contributed by atoms with Gasteiger partial charge < -0.3 is 4.74 Å². The molecule has 1 heterocycles. The van der Waals surface area contributed by atoms with Crippen molar-refractivity contribution in [1.29, 1.82) is 0 Å². The Bertz CT molecular complexity index is 884. The second-order valence-corrected chi connectivity index (χ2v) is 9.04. The van der Waals surface area contributed by atoms with Crippen LogP contribution in [0.15, 0.2) is 54.6 Å². The molecule has 2 atom stereocenters. The lowest BCUT2D eigenvalue weighted by atomic mass is 10.0. The van der Waals surface area contributed by atoms with Crippen LogP contribution in [-0.2, 0) is 21.5 Å². The summed E-state index contributed by atoms with van der Waals surface area (Å²) in [5.41, 5.74) is 1.95. The summed E-state index contributed by atoms with van der Waals surface area (Å²) >= 11 is 0. The Hall–Kier alpha value is -1.93. The summed E-state index contributed by atoms with van der Waals surface area (Å²) in [6, 6.07) is 17.2. The molecule has 0 radical (unpaired) electrons. The number of hydrogen-bond acceptors (Lipinski definition) is 5. The lowest BCUT2D eigenvalue weighted by molar-refractivity contribution is -0.110. The fourth-order valence-electron chi connectivity index (χ4n) is 3.33. The monoisotopic (exact) mass is 388 g/mol. The molecule has 1 aliphatic heterocycles. The Kier molecular flexibility index (Phi) is 5.19. The molecule has 1 aliphatic carbocycles. The molecule has 1 N–H and O–H groups in total. The van der Waals surface area contributed by atoms with Crippen LogP contribution in [0, 0.1) is 0 Å². The largest absolute Gasteiger partial charge is 0.489 e. The van der Waals surface area contributed by atoms with Gasteiger partial charge in [0, 0.05) is 13.1 Å². The molecular formula is C20H24N2O4S. The van der Waals surface area contributed by atoms with Crippen molar-refractivity contribution in [2.75, 3.05) is 13.7 Å². The van der Waals surface area contributed by atoms with Gasteiger partial charge in [0.2, 0.25) is 10.0 Å². The van der Waals surface area contributed by atoms with Crippen molar-refractivity contribution in [2.24, 2.45) is 0 Å². The molecule has 0 spiro atoms. The van der Waals surface area contributed by atoms with Crippen LogP contribution in [0.1, 0.15) is 30.0 Å². The average molecular weight is 388 g/mol. The van der Waals surface area contributed by atoms with Crippen molar-refractivity contribution in [3.8, 4) is 5.75 Å². The number of hydrogen-bond donors (Lipinski definition) is 1. The first-order chi connectivity index (χ1) is 13.0. The molecule has 144 valence electrons. The van der Waals surface area contributed by atoms with Gasteiger partial charge in [0.05, 0.1) is 12.6 Å². The van der Waals surface area contributed by atoms with Crippen molar-refractivity contribution in [1.82, 2.24) is 9.79 Å². The van der Waals surface area contributed by atoms with Gasteiger partial charge in [0.15, 0.2) is 0 Å². The van der Waals surface area contributed by atoms with Gasteiger partial charge in [-0.25, -0.2) is 13.1 Å². The van der Waals surface area contributed by atoms with Crippen LogP contribution < -0.4 is 9.46 Å². The summed E-state index contributed by atoms with van der Waals surface area (Å²) in [5, 5.41) is 0.986. The molecule has 2 aliphatic rings. The van der Waals surface area contributed by atoms with E-state index in [9.17, 15) is 8.42 Å². The Morgan fingerprint density at radius 1 is 1.15 bits per heavy atom. The highest BCUT2D eigenvalue weighted by atomic mass is 32.2. The lowest BCUT2D eigenvalue weighted by Crippen LogP contribution is -2.40. The highest BCUT2D eigenvalue weighted by molar-refractivity contribution is 7.90. The molecule has 2 aromatic rings. The molecular weight excluding hydrogens is 364 g/mol. The van der Waals surface area contributed by atoms with Gasteiger partial charge >= 0.3 is 0 Å². The summed E-state index contributed by atoms with van der Waals surface area (Å²) < 4.78 is 34.2. The van der Waals surface area contributed by atoms with E-state index in [4.69, 9.17) is 9.57 Å². The van der Waals surface area contributed by atoms with E-state index in [-0.39, 0.29) is 18.7 Å². The molecule has 0 amide bonds. The summed E-state index contributed by atoms with van der Waals surface area (Å²) in [6.07, 6.45) is 1.83. The maximum atomic E-state index is 12.8. The zero-order chi connectivity index (χ0) is 18.9. The normalized spacial score (nSPS) is 23.4. The molecule has 2 fully saturated rings. The summed E-state index contributed by atoms with van der Waals surface area (Å²) in [4.78, 5) is 5.56. The SMILES string of the molecule is CN1OCC(S(=O)(=O)NC2CC2)C1c1cccc(OCc2ccccc2)c1. The minimum Gasteiger partial charge on any atom is -0.489 e. The topological polar surface area (TPSA) is 67.9 Å². The molecule has 2 unspecified atom stereocenters. The van der Waals surface area contributed by atoms with Crippen LogP contribution in [0.5, 0.6) is 5.75 Å². The van der Waals surface area contributed by atoms with Crippen LogP contribution in [0.3, 0.4) is 0 Å². The van der Waals surface area contributed by atoms with Crippen LogP contribution in [0.2, 0.25) is 0 Å². The summed E-state index contributed by atoms with van der Waals surface area (Å²) in [7, 11) is -1.68. The van der Waals surface area contributed by atoms with Crippen molar-refractivity contribution in [3.63, 3.8) is 0 Å². The van der Waals surface area contributed by atoms with E-state index in [1.54, 1.807) is 12.1 Å². The Morgan fingerprint density at radius 2 is 1.93 bits per heavy atom. The third kappa shape index (κ3) is 4.32. The Morgan fingerprint density at radius 3 is 2.67 bits per heavy atom. The fourth-order valence-corrected chi connectivity index (χ4v) is 5.11. The fraction of sp³-hybridized carbons (Fsp3) is 0.400. The number of ether oxygens (including phenoxy) is 1.